The second-order valence-corrected chi connectivity index (χ2v) is 21.7. The summed E-state index contributed by atoms with van der Waals surface area (Å²) in [6.07, 6.45) is 20.6. The molecule has 254 valence electrons. The fourth-order valence-corrected chi connectivity index (χ4v) is 15.0. The van der Waals surface area contributed by atoms with Crippen LogP contribution in [0, 0.1) is 5.92 Å². The average molecular weight is 649 g/mol. The number of carbonyl (C=O) groups is 3. The van der Waals surface area contributed by atoms with E-state index >= 15 is 0 Å². The lowest BCUT2D eigenvalue weighted by Crippen LogP contribution is -2.34. The van der Waals surface area contributed by atoms with Gasteiger partial charge in [-0.1, -0.05) is 93.9 Å². The van der Waals surface area contributed by atoms with E-state index in [4.69, 9.17) is 14.2 Å². The van der Waals surface area contributed by atoms with E-state index < -0.39 is 20.6 Å². The molecule has 1 unspecified atom stereocenters. The van der Waals surface area contributed by atoms with E-state index in [-0.39, 0.29) is 37.0 Å². The van der Waals surface area contributed by atoms with Crippen LogP contribution in [0.15, 0.2) is 0 Å². The van der Waals surface area contributed by atoms with E-state index in [0.717, 1.165) is 114 Å². The molecule has 0 rings (SSSR count). The van der Waals surface area contributed by atoms with Gasteiger partial charge in [0.05, 0.1) is 42.9 Å². The van der Waals surface area contributed by atoms with Crippen molar-refractivity contribution in [2.45, 2.75) is 139 Å². The number of hydrogen-bond donors (Lipinski definition) is 0. The van der Waals surface area contributed by atoms with Crippen molar-refractivity contribution in [3.63, 3.8) is 0 Å². The van der Waals surface area contributed by atoms with E-state index in [1.54, 1.807) is 13.8 Å². The number of ether oxygens (including phenoxy) is 3. The molecule has 0 aliphatic rings. The summed E-state index contributed by atoms with van der Waals surface area (Å²) < 4.78 is 17.3. The summed E-state index contributed by atoms with van der Waals surface area (Å²) in [4.78, 5) is 39.1. The minimum atomic E-state index is -1.50. The van der Waals surface area contributed by atoms with E-state index in [1.165, 1.54) is 0 Å². The van der Waals surface area contributed by atoms with Gasteiger partial charge in [-0.25, -0.2) is 9.59 Å². The molecular formula is C35H70O6P2+2. The summed E-state index contributed by atoms with van der Waals surface area (Å²) in [5, 5.41) is 0. The van der Waals surface area contributed by atoms with Crippen molar-refractivity contribution in [3.05, 3.63) is 0 Å². The third-order valence-corrected chi connectivity index (χ3v) is 17.9. The molecule has 0 heterocycles. The van der Waals surface area contributed by atoms with Crippen LogP contribution in [0.2, 0.25) is 0 Å². The molecule has 0 aromatic rings. The van der Waals surface area contributed by atoms with Gasteiger partial charge in [-0.15, -0.1) is 0 Å². The largest absolute Gasteiger partial charge is 0.461 e. The molecule has 0 saturated heterocycles. The minimum absolute atomic E-state index is 0.0599. The molecule has 0 aromatic heterocycles. The predicted octanol–water partition coefficient (Wildman–Crippen LogP) is 9.48. The van der Waals surface area contributed by atoms with Crippen LogP contribution in [-0.4, -0.2) is 86.5 Å². The van der Waals surface area contributed by atoms with Crippen LogP contribution < -0.4 is 0 Å². The van der Waals surface area contributed by atoms with Gasteiger partial charge in [-0.2, -0.15) is 0 Å². The first-order valence-electron chi connectivity index (χ1n) is 17.8. The molecule has 0 fully saturated rings. The zero-order chi connectivity index (χ0) is 32.6. The third kappa shape index (κ3) is 19.4. The monoisotopic (exact) mass is 648 g/mol. The SMILES string of the molecule is CCCC[P+](CCCC)(CCCC)CC(=O)OCC(COC(=O)C(C)C)OC(=O)C[P+](CCCC)(CCCC)CCCC. The summed E-state index contributed by atoms with van der Waals surface area (Å²) in [6, 6.07) is 0. The average Bonchev–Trinajstić information content (AvgIpc) is 2.99. The highest BCUT2D eigenvalue weighted by Gasteiger charge is 2.41. The van der Waals surface area contributed by atoms with Gasteiger partial charge < -0.3 is 14.2 Å². The van der Waals surface area contributed by atoms with Crippen molar-refractivity contribution < 1.29 is 28.6 Å². The first-order chi connectivity index (χ1) is 20.6. The molecular weight excluding hydrogens is 578 g/mol. The van der Waals surface area contributed by atoms with Gasteiger partial charge in [-0.05, 0) is 38.5 Å². The Morgan fingerprint density at radius 2 is 0.837 bits per heavy atom. The zero-order valence-electron chi connectivity index (χ0n) is 29.6. The normalized spacial score (nSPS) is 12.8. The Balaban J connectivity index is 5.74. The summed E-state index contributed by atoms with van der Waals surface area (Å²) in [5.41, 5.74) is 0. The van der Waals surface area contributed by atoms with Crippen molar-refractivity contribution in [2.24, 2.45) is 5.92 Å². The minimum Gasteiger partial charge on any atom is -0.461 e. The quantitative estimate of drug-likeness (QED) is 0.0478. The van der Waals surface area contributed by atoms with Crippen LogP contribution in [0.25, 0.3) is 0 Å². The van der Waals surface area contributed by atoms with Crippen molar-refractivity contribution in [2.75, 3.05) is 62.5 Å². The van der Waals surface area contributed by atoms with Crippen LogP contribution >= 0.6 is 14.5 Å². The van der Waals surface area contributed by atoms with Crippen LogP contribution in [0.1, 0.15) is 132 Å². The Kier molecular flexibility index (Phi) is 25.0. The lowest BCUT2D eigenvalue weighted by atomic mass is 10.2. The second-order valence-electron chi connectivity index (χ2n) is 13.0. The molecule has 6 nitrogen and oxygen atoms in total. The molecule has 0 amide bonds. The first kappa shape index (κ1) is 42.3. The molecule has 0 aliphatic carbocycles. The van der Waals surface area contributed by atoms with Crippen molar-refractivity contribution in [1.29, 1.82) is 0 Å². The zero-order valence-corrected chi connectivity index (χ0v) is 31.3. The maximum Gasteiger partial charge on any atom is 0.344 e. The molecule has 0 radical (unpaired) electrons. The molecule has 0 spiro atoms. The highest BCUT2D eigenvalue weighted by Crippen LogP contribution is 2.61. The smallest absolute Gasteiger partial charge is 0.344 e. The van der Waals surface area contributed by atoms with Gasteiger partial charge in [0.25, 0.3) is 0 Å². The van der Waals surface area contributed by atoms with E-state index in [2.05, 4.69) is 41.5 Å². The summed E-state index contributed by atoms with van der Waals surface area (Å²) >= 11 is 0. The van der Waals surface area contributed by atoms with Crippen LogP contribution in [0.3, 0.4) is 0 Å². The van der Waals surface area contributed by atoms with Gasteiger partial charge in [0.1, 0.15) is 13.2 Å². The lowest BCUT2D eigenvalue weighted by Gasteiger charge is -2.28. The summed E-state index contributed by atoms with van der Waals surface area (Å²) in [5.74, 6) is -1.04. The van der Waals surface area contributed by atoms with Crippen LogP contribution in [-0.2, 0) is 28.6 Å². The Morgan fingerprint density at radius 1 is 0.512 bits per heavy atom. The maximum atomic E-state index is 13.5. The summed E-state index contributed by atoms with van der Waals surface area (Å²) in [7, 11) is -2.95. The number of hydrogen-bond acceptors (Lipinski definition) is 6. The van der Waals surface area contributed by atoms with Gasteiger partial charge in [0, 0.05) is 14.5 Å². The Hall–Kier alpha value is -0.730. The molecule has 43 heavy (non-hydrogen) atoms. The van der Waals surface area contributed by atoms with E-state index in [0.29, 0.717) is 12.3 Å². The van der Waals surface area contributed by atoms with Gasteiger partial charge in [0.2, 0.25) is 0 Å². The molecule has 0 aromatic carbocycles. The van der Waals surface area contributed by atoms with Gasteiger partial charge in [-0.3, -0.25) is 4.79 Å². The van der Waals surface area contributed by atoms with E-state index in [9.17, 15) is 14.4 Å². The lowest BCUT2D eigenvalue weighted by molar-refractivity contribution is -0.165. The molecule has 0 aliphatic heterocycles. The molecule has 8 heteroatoms. The number of esters is 3. The maximum absolute atomic E-state index is 13.5. The third-order valence-electron chi connectivity index (χ3n) is 8.46. The summed E-state index contributed by atoms with van der Waals surface area (Å²) in [6.45, 7) is 16.7. The van der Waals surface area contributed by atoms with Crippen LogP contribution in [0.4, 0.5) is 0 Å². The Bertz CT molecular complexity index is 698. The fourth-order valence-electron chi connectivity index (χ4n) is 5.57. The molecule has 0 saturated carbocycles. The number of unbranched alkanes of at least 4 members (excludes halogenated alkanes) is 6. The molecule has 0 N–H and O–H groups in total. The van der Waals surface area contributed by atoms with Crippen molar-refractivity contribution >= 4 is 32.4 Å². The van der Waals surface area contributed by atoms with E-state index in [1.807, 2.05) is 0 Å². The standard InChI is InChI=1S/C35H70O6P2/c1-9-15-21-42(22-16-10-2,23-17-11-3)29-33(36)39-27-32(28-40-35(38)31(7)8)41-34(37)30-43(24-18-12-4,25-19-13-5)26-20-14-6/h31-32H,9-30H2,1-8H3/q+2. The van der Waals surface area contributed by atoms with Gasteiger partial charge >= 0.3 is 17.9 Å². The predicted molar refractivity (Wildman–Crippen MR) is 189 cm³/mol. The van der Waals surface area contributed by atoms with Crippen LogP contribution in [0.5, 0.6) is 0 Å². The Morgan fingerprint density at radius 3 is 1.16 bits per heavy atom. The topological polar surface area (TPSA) is 78.9 Å². The van der Waals surface area contributed by atoms with Crippen molar-refractivity contribution in [3.8, 4) is 0 Å². The number of carbonyl (C=O) groups excluding carboxylic acids is 3. The van der Waals surface area contributed by atoms with Crippen molar-refractivity contribution in [1.82, 2.24) is 0 Å². The molecule has 1 atom stereocenters. The van der Waals surface area contributed by atoms with Gasteiger partial charge in [0.15, 0.2) is 18.4 Å². The fraction of sp³-hybridized carbons (Fsp3) is 0.914. The second kappa shape index (κ2) is 25.5. The number of rotatable bonds is 28. The molecule has 0 bridgehead atoms. The Labute approximate surface area is 267 Å². The first-order valence-corrected chi connectivity index (χ1v) is 22.8. The highest BCUT2D eigenvalue weighted by atomic mass is 31.2. The highest BCUT2D eigenvalue weighted by molar-refractivity contribution is 7.77.